The van der Waals surface area contributed by atoms with Crippen LogP contribution in [0.3, 0.4) is 0 Å². The second-order valence-electron chi connectivity index (χ2n) is 4.84. The fourth-order valence-electron chi connectivity index (χ4n) is 2.05. The van der Waals surface area contributed by atoms with Crippen molar-refractivity contribution in [3.63, 3.8) is 0 Å². The molecule has 0 unspecified atom stereocenters. The van der Waals surface area contributed by atoms with Crippen molar-refractivity contribution in [2.45, 2.75) is 13.2 Å². The van der Waals surface area contributed by atoms with E-state index in [1.54, 1.807) is 25.3 Å². The van der Waals surface area contributed by atoms with Crippen LogP contribution in [0.4, 0.5) is 5.69 Å². The Labute approximate surface area is 139 Å². The van der Waals surface area contributed by atoms with Gasteiger partial charge in [0.25, 0.3) is 5.69 Å². The Bertz CT molecular complexity index is 689. The van der Waals surface area contributed by atoms with Gasteiger partial charge in [0.05, 0.1) is 12.0 Å². The van der Waals surface area contributed by atoms with Gasteiger partial charge in [-0.3, -0.25) is 10.1 Å². The zero-order chi connectivity index (χ0) is 16.8. The number of ether oxygens (including phenoxy) is 2. The Balaban J connectivity index is 2.13. The number of rotatable bonds is 7. The quantitative estimate of drug-likeness (QED) is 0.618. The molecular formula is C16H17ClN2O4. The highest BCUT2D eigenvalue weighted by molar-refractivity contribution is 6.31. The molecule has 0 radical (unpaired) electrons. The number of nitrogens with one attached hydrogen (secondary N) is 1. The van der Waals surface area contributed by atoms with Gasteiger partial charge in [0, 0.05) is 29.8 Å². The minimum absolute atomic E-state index is 0.0470. The lowest BCUT2D eigenvalue weighted by Crippen LogP contribution is -2.06. The number of halogens is 1. The zero-order valence-electron chi connectivity index (χ0n) is 12.8. The molecule has 2 rings (SSSR count). The third kappa shape index (κ3) is 4.34. The van der Waals surface area contributed by atoms with E-state index in [9.17, 15) is 10.1 Å². The number of nitro groups is 1. The molecule has 0 spiro atoms. The first-order valence-corrected chi connectivity index (χ1v) is 7.30. The van der Waals surface area contributed by atoms with E-state index in [0.717, 1.165) is 11.1 Å². The van der Waals surface area contributed by atoms with Crippen molar-refractivity contribution in [1.29, 1.82) is 0 Å². The normalized spacial score (nSPS) is 10.4. The summed E-state index contributed by atoms with van der Waals surface area (Å²) in [5.41, 5.74) is 1.77. The van der Waals surface area contributed by atoms with Crippen molar-refractivity contribution in [3.05, 3.63) is 62.7 Å². The molecule has 0 bridgehead atoms. The first kappa shape index (κ1) is 17.1. The molecule has 0 aliphatic rings. The van der Waals surface area contributed by atoms with E-state index in [-0.39, 0.29) is 12.3 Å². The topological polar surface area (TPSA) is 73.6 Å². The molecule has 0 atom stereocenters. The van der Waals surface area contributed by atoms with Crippen LogP contribution < -0.4 is 14.8 Å². The van der Waals surface area contributed by atoms with Crippen LogP contribution in [-0.2, 0) is 13.2 Å². The Hall–Kier alpha value is -2.31. The van der Waals surface area contributed by atoms with Crippen molar-refractivity contribution < 1.29 is 14.4 Å². The maximum atomic E-state index is 10.6. The molecule has 0 saturated heterocycles. The fraction of sp³-hybridized carbons (Fsp3) is 0.250. The Morgan fingerprint density at radius 3 is 2.48 bits per heavy atom. The minimum Gasteiger partial charge on any atom is -0.493 e. The average molecular weight is 337 g/mol. The molecule has 6 nitrogen and oxygen atoms in total. The van der Waals surface area contributed by atoms with Gasteiger partial charge in [0.2, 0.25) is 0 Å². The van der Waals surface area contributed by atoms with Crippen LogP contribution in [0.5, 0.6) is 11.5 Å². The van der Waals surface area contributed by atoms with Crippen LogP contribution in [-0.4, -0.2) is 19.1 Å². The number of methoxy groups -OCH3 is 1. The molecule has 2 aromatic rings. The molecule has 122 valence electrons. The summed E-state index contributed by atoms with van der Waals surface area (Å²) in [4.78, 5) is 10.2. The van der Waals surface area contributed by atoms with E-state index in [1.165, 1.54) is 12.1 Å². The predicted molar refractivity (Wildman–Crippen MR) is 88.2 cm³/mol. The summed E-state index contributed by atoms with van der Waals surface area (Å²) in [6.45, 7) is 0.883. The number of hydrogen-bond donors (Lipinski definition) is 1. The highest BCUT2D eigenvalue weighted by Crippen LogP contribution is 2.34. The summed E-state index contributed by atoms with van der Waals surface area (Å²) in [7, 11) is 3.40. The number of hydrogen-bond acceptors (Lipinski definition) is 5. The van der Waals surface area contributed by atoms with Gasteiger partial charge < -0.3 is 14.8 Å². The lowest BCUT2D eigenvalue weighted by Gasteiger charge is -2.14. The highest BCUT2D eigenvalue weighted by atomic mass is 35.5. The molecule has 0 aliphatic carbocycles. The molecule has 1 N–H and O–H groups in total. The van der Waals surface area contributed by atoms with Gasteiger partial charge in [-0.15, -0.1) is 0 Å². The molecule has 7 heteroatoms. The summed E-state index contributed by atoms with van der Waals surface area (Å²) >= 11 is 6.22. The van der Waals surface area contributed by atoms with Crippen molar-refractivity contribution in [1.82, 2.24) is 5.32 Å². The minimum atomic E-state index is -0.437. The summed E-state index contributed by atoms with van der Waals surface area (Å²) in [6.07, 6.45) is 0. The maximum Gasteiger partial charge on any atom is 0.269 e. The number of nitro benzene ring substituents is 1. The lowest BCUT2D eigenvalue weighted by atomic mass is 10.2. The van der Waals surface area contributed by atoms with E-state index in [0.29, 0.717) is 23.1 Å². The molecule has 0 saturated carbocycles. The Morgan fingerprint density at radius 1 is 1.22 bits per heavy atom. The first-order chi connectivity index (χ1) is 11.0. The van der Waals surface area contributed by atoms with Crippen molar-refractivity contribution in [2.75, 3.05) is 14.2 Å². The smallest absolute Gasteiger partial charge is 0.269 e. The third-order valence-electron chi connectivity index (χ3n) is 3.24. The van der Waals surface area contributed by atoms with Gasteiger partial charge >= 0.3 is 0 Å². The molecular weight excluding hydrogens is 320 g/mol. The number of nitrogens with zero attached hydrogens (tertiary/aromatic N) is 1. The van der Waals surface area contributed by atoms with Gasteiger partial charge in [-0.1, -0.05) is 11.6 Å². The molecule has 0 fully saturated rings. The van der Waals surface area contributed by atoms with Gasteiger partial charge in [-0.2, -0.15) is 0 Å². The molecule has 0 aromatic heterocycles. The van der Waals surface area contributed by atoms with Crippen LogP contribution >= 0.6 is 11.6 Å². The van der Waals surface area contributed by atoms with Gasteiger partial charge in [0.1, 0.15) is 6.61 Å². The third-order valence-corrected chi connectivity index (χ3v) is 3.59. The molecule has 0 heterocycles. The van der Waals surface area contributed by atoms with Crippen LogP contribution in [0.15, 0.2) is 36.4 Å². The average Bonchev–Trinajstić information content (AvgIpc) is 2.55. The molecule has 23 heavy (non-hydrogen) atoms. The summed E-state index contributed by atoms with van der Waals surface area (Å²) in [5, 5.41) is 14.2. The van der Waals surface area contributed by atoms with Gasteiger partial charge in [0.15, 0.2) is 11.5 Å². The number of benzene rings is 2. The summed E-state index contributed by atoms with van der Waals surface area (Å²) < 4.78 is 11.1. The molecule has 2 aromatic carbocycles. The fourth-order valence-corrected chi connectivity index (χ4v) is 2.27. The molecule has 0 amide bonds. The van der Waals surface area contributed by atoms with E-state index in [4.69, 9.17) is 21.1 Å². The van der Waals surface area contributed by atoms with Crippen molar-refractivity contribution in [3.8, 4) is 11.5 Å². The van der Waals surface area contributed by atoms with E-state index < -0.39 is 4.92 Å². The largest absolute Gasteiger partial charge is 0.493 e. The number of non-ortho nitro benzene ring substituents is 1. The van der Waals surface area contributed by atoms with Crippen LogP contribution in [0.2, 0.25) is 5.02 Å². The van der Waals surface area contributed by atoms with Gasteiger partial charge in [-0.05, 0) is 36.4 Å². The summed E-state index contributed by atoms with van der Waals surface area (Å²) in [6, 6.07) is 9.73. The Morgan fingerprint density at radius 2 is 1.91 bits per heavy atom. The zero-order valence-corrected chi connectivity index (χ0v) is 13.6. The van der Waals surface area contributed by atoms with Crippen LogP contribution in [0.25, 0.3) is 0 Å². The van der Waals surface area contributed by atoms with E-state index in [1.807, 2.05) is 13.1 Å². The maximum absolute atomic E-state index is 10.6. The summed E-state index contributed by atoms with van der Waals surface area (Å²) in [5.74, 6) is 1.11. The second-order valence-corrected chi connectivity index (χ2v) is 5.24. The standard InChI is InChI=1S/C16H17ClN2O4/c1-18-9-12-7-15(22-2)16(8-14(12)17)23-10-11-3-5-13(6-4-11)19(20)21/h3-8,18H,9-10H2,1-2H3. The van der Waals surface area contributed by atoms with E-state index in [2.05, 4.69) is 5.32 Å². The van der Waals surface area contributed by atoms with E-state index >= 15 is 0 Å². The first-order valence-electron chi connectivity index (χ1n) is 6.92. The highest BCUT2D eigenvalue weighted by Gasteiger charge is 2.11. The van der Waals surface area contributed by atoms with Crippen molar-refractivity contribution >= 4 is 17.3 Å². The van der Waals surface area contributed by atoms with Crippen LogP contribution in [0.1, 0.15) is 11.1 Å². The SMILES string of the molecule is CNCc1cc(OC)c(OCc2ccc([N+](=O)[O-])cc2)cc1Cl. The van der Waals surface area contributed by atoms with Crippen LogP contribution in [0, 0.1) is 10.1 Å². The van der Waals surface area contributed by atoms with Crippen molar-refractivity contribution in [2.24, 2.45) is 0 Å². The van der Waals surface area contributed by atoms with Gasteiger partial charge in [-0.25, -0.2) is 0 Å². The predicted octanol–water partition coefficient (Wildman–Crippen LogP) is 3.56. The molecule has 0 aliphatic heterocycles. The lowest BCUT2D eigenvalue weighted by molar-refractivity contribution is -0.384. The Kier molecular flexibility index (Phi) is 5.78. The second kappa shape index (κ2) is 7.80. The monoisotopic (exact) mass is 336 g/mol.